The van der Waals surface area contributed by atoms with Crippen molar-refractivity contribution in [1.29, 1.82) is 0 Å². The average molecular weight is 450 g/mol. The molecule has 4 aromatic rings. The zero-order valence-corrected chi connectivity index (χ0v) is 18.9. The van der Waals surface area contributed by atoms with Gasteiger partial charge in [0.05, 0.1) is 11.2 Å². The number of fused-ring (bicyclic) bond motifs is 1. The van der Waals surface area contributed by atoms with E-state index in [4.69, 9.17) is 25.4 Å². The predicted octanol–water partition coefficient (Wildman–Crippen LogP) is 4.20. The van der Waals surface area contributed by atoms with E-state index in [0.29, 0.717) is 21.9 Å². The summed E-state index contributed by atoms with van der Waals surface area (Å²) in [4.78, 5) is 19.8. The third-order valence-corrected chi connectivity index (χ3v) is 6.39. The smallest absolute Gasteiger partial charge is 0.399 e. The van der Waals surface area contributed by atoms with E-state index in [9.17, 15) is 4.79 Å². The van der Waals surface area contributed by atoms with Crippen molar-refractivity contribution in [2.45, 2.75) is 38.9 Å². The summed E-state index contributed by atoms with van der Waals surface area (Å²) in [5.74, 6) is 0.532. The van der Waals surface area contributed by atoms with Gasteiger partial charge < -0.3 is 18.8 Å². The lowest BCUT2D eigenvalue weighted by molar-refractivity contribution is 0.00578. The van der Waals surface area contributed by atoms with E-state index in [1.54, 1.807) is 18.2 Å². The molecule has 0 atom stereocenters. The summed E-state index contributed by atoms with van der Waals surface area (Å²) in [7, 11) is -0.445. The molecule has 0 spiro atoms. The van der Waals surface area contributed by atoms with Crippen molar-refractivity contribution in [1.82, 2.24) is 15.1 Å². The molecule has 0 aliphatic carbocycles. The summed E-state index contributed by atoms with van der Waals surface area (Å²) in [6.45, 7) is 8.08. The largest absolute Gasteiger partial charge is 0.494 e. The van der Waals surface area contributed by atoms with Crippen LogP contribution < -0.4 is 11.0 Å². The number of hydrogen-bond acceptors (Lipinski definition) is 6. The van der Waals surface area contributed by atoms with Crippen LogP contribution in [0.25, 0.3) is 33.7 Å². The number of H-pyrrole nitrogens is 1. The fourth-order valence-corrected chi connectivity index (χ4v) is 3.72. The molecule has 0 radical (unpaired) electrons. The number of rotatable bonds is 3. The van der Waals surface area contributed by atoms with Gasteiger partial charge in [-0.1, -0.05) is 47.1 Å². The van der Waals surface area contributed by atoms with Crippen LogP contribution in [0, 0.1) is 0 Å². The summed E-state index contributed by atoms with van der Waals surface area (Å²) in [6, 6.07) is 14.6. The summed E-state index contributed by atoms with van der Waals surface area (Å²) < 4.78 is 17.6. The lowest BCUT2D eigenvalue weighted by atomic mass is 9.79. The van der Waals surface area contributed by atoms with E-state index >= 15 is 0 Å². The van der Waals surface area contributed by atoms with E-state index in [0.717, 1.165) is 16.4 Å². The molecule has 5 rings (SSSR count). The summed E-state index contributed by atoms with van der Waals surface area (Å²) in [6.07, 6.45) is 0. The molecule has 0 bridgehead atoms. The predicted molar refractivity (Wildman–Crippen MR) is 124 cm³/mol. The van der Waals surface area contributed by atoms with Gasteiger partial charge in [-0.15, -0.1) is 0 Å². The Labute approximate surface area is 189 Å². The van der Waals surface area contributed by atoms with Gasteiger partial charge in [-0.05, 0) is 56.7 Å². The fourth-order valence-electron chi connectivity index (χ4n) is 3.55. The Morgan fingerprint density at radius 1 is 0.969 bits per heavy atom. The molecule has 9 heteroatoms. The monoisotopic (exact) mass is 449 g/mol. The minimum Gasteiger partial charge on any atom is -0.399 e. The van der Waals surface area contributed by atoms with Crippen molar-refractivity contribution in [3.05, 3.63) is 63.9 Å². The quantitative estimate of drug-likeness (QED) is 0.472. The van der Waals surface area contributed by atoms with Crippen LogP contribution in [0.5, 0.6) is 0 Å². The van der Waals surface area contributed by atoms with Gasteiger partial charge in [-0.3, -0.25) is 4.79 Å². The zero-order chi connectivity index (χ0) is 22.7. The van der Waals surface area contributed by atoms with Crippen molar-refractivity contribution in [3.8, 4) is 22.8 Å². The Kier molecular flexibility index (Phi) is 4.78. The maximum absolute atomic E-state index is 12.5. The van der Waals surface area contributed by atoms with Crippen LogP contribution in [-0.2, 0) is 9.31 Å². The van der Waals surface area contributed by atoms with Gasteiger partial charge in [0.15, 0.2) is 0 Å². The minimum absolute atomic E-state index is 0.146. The second-order valence-electron chi connectivity index (χ2n) is 8.88. The van der Waals surface area contributed by atoms with Gasteiger partial charge in [0.1, 0.15) is 5.56 Å². The molecule has 32 heavy (non-hydrogen) atoms. The van der Waals surface area contributed by atoms with E-state index in [1.807, 2.05) is 58.0 Å². The van der Waals surface area contributed by atoms with E-state index in [2.05, 4.69) is 15.1 Å². The van der Waals surface area contributed by atoms with Crippen LogP contribution in [0.15, 0.2) is 57.8 Å². The summed E-state index contributed by atoms with van der Waals surface area (Å²) in [5.41, 5.74) is 1.46. The number of hydrogen-bond donors (Lipinski definition) is 1. The lowest BCUT2D eigenvalue weighted by Gasteiger charge is -2.32. The van der Waals surface area contributed by atoms with Crippen molar-refractivity contribution in [3.63, 3.8) is 0 Å². The van der Waals surface area contributed by atoms with Gasteiger partial charge in [-0.2, -0.15) is 4.98 Å². The highest BCUT2D eigenvalue weighted by Crippen LogP contribution is 2.36. The van der Waals surface area contributed by atoms with Gasteiger partial charge in [0, 0.05) is 16.1 Å². The third-order valence-electron chi connectivity index (χ3n) is 6.16. The van der Waals surface area contributed by atoms with Crippen molar-refractivity contribution in [2.24, 2.45) is 0 Å². The molecule has 0 unspecified atom stereocenters. The van der Waals surface area contributed by atoms with Crippen molar-refractivity contribution in [2.75, 3.05) is 0 Å². The molecule has 1 aliphatic heterocycles. The van der Waals surface area contributed by atoms with Crippen molar-refractivity contribution < 1.29 is 13.8 Å². The maximum Gasteiger partial charge on any atom is 0.494 e. The molecule has 1 N–H and O–H groups in total. The highest BCUT2D eigenvalue weighted by molar-refractivity contribution is 6.62. The van der Waals surface area contributed by atoms with Gasteiger partial charge in [-0.25, -0.2) is 0 Å². The Morgan fingerprint density at radius 3 is 2.34 bits per heavy atom. The first-order valence-electron chi connectivity index (χ1n) is 10.3. The number of benzene rings is 2. The van der Waals surface area contributed by atoms with Gasteiger partial charge in [0.25, 0.3) is 11.4 Å². The number of aromatic nitrogens is 3. The standard InChI is InChI=1S/C23H21BClN3O4/c1-22(2)23(3,4)32-24(31-22)15-8-5-13(6-9-15)19-27-21(30-28-19)17-11-14-7-10-16(25)12-18(14)26-20(17)29/h5-12H,1-4H3,(H,26,29). The first kappa shape index (κ1) is 20.9. The van der Waals surface area contributed by atoms with Crippen LogP contribution >= 0.6 is 11.6 Å². The van der Waals surface area contributed by atoms with Crippen LogP contribution in [-0.4, -0.2) is 33.4 Å². The molecule has 3 heterocycles. The molecule has 1 fully saturated rings. The number of nitrogens with zero attached hydrogens (tertiary/aromatic N) is 2. The summed E-state index contributed by atoms with van der Waals surface area (Å²) in [5, 5.41) is 5.41. The number of nitrogens with one attached hydrogen (secondary N) is 1. The molecule has 1 saturated heterocycles. The molecule has 162 valence electrons. The molecule has 0 saturated carbocycles. The number of aromatic amines is 1. The molecule has 7 nitrogen and oxygen atoms in total. The molecular weight excluding hydrogens is 429 g/mol. The minimum atomic E-state index is -0.445. The highest BCUT2D eigenvalue weighted by atomic mass is 35.5. The Bertz CT molecular complexity index is 1360. The molecular formula is C23H21BClN3O4. The second-order valence-corrected chi connectivity index (χ2v) is 9.31. The van der Waals surface area contributed by atoms with Crippen LogP contribution in [0.1, 0.15) is 27.7 Å². The van der Waals surface area contributed by atoms with E-state index < -0.39 is 18.3 Å². The van der Waals surface area contributed by atoms with E-state index in [1.165, 1.54) is 0 Å². The Balaban J connectivity index is 1.42. The van der Waals surface area contributed by atoms with Crippen LogP contribution in [0.3, 0.4) is 0 Å². The third kappa shape index (κ3) is 3.54. The Morgan fingerprint density at radius 2 is 1.66 bits per heavy atom. The van der Waals surface area contributed by atoms with Gasteiger partial charge >= 0.3 is 7.12 Å². The fraction of sp³-hybridized carbons (Fsp3) is 0.261. The van der Waals surface area contributed by atoms with Crippen LogP contribution in [0.2, 0.25) is 5.02 Å². The van der Waals surface area contributed by atoms with E-state index in [-0.39, 0.29) is 11.4 Å². The normalized spacial score (nSPS) is 17.2. The van der Waals surface area contributed by atoms with Crippen LogP contribution in [0.4, 0.5) is 0 Å². The SMILES string of the molecule is CC1(C)OB(c2ccc(-c3noc(-c4cc5ccc(Cl)cc5[nH]c4=O)n3)cc2)OC1(C)C. The zero-order valence-electron chi connectivity index (χ0n) is 18.1. The summed E-state index contributed by atoms with van der Waals surface area (Å²) >= 11 is 6.00. The number of pyridine rings is 1. The maximum atomic E-state index is 12.5. The lowest BCUT2D eigenvalue weighted by Crippen LogP contribution is -2.41. The van der Waals surface area contributed by atoms with Crippen molar-refractivity contribution >= 4 is 35.1 Å². The first-order valence-corrected chi connectivity index (χ1v) is 10.6. The number of halogens is 1. The van der Waals surface area contributed by atoms with Gasteiger partial charge in [0.2, 0.25) is 5.82 Å². The topological polar surface area (TPSA) is 90.2 Å². The molecule has 2 aromatic carbocycles. The second kappa shape index (κ2) is 7.30. The highest BCUT2D eigenvalue weighted by Gasteiger charge is 2.51. The first-order chi connectivity index (χ1) is 15.1. The molecule has 2 aromatic heterocycles. The molecule has 0 amide bonds. The average Bonchev–Trinajstić information content (AvgIpc) is 3.30. The Hall–Kier alpha value is -2.94. The molecule has 1 aliphatic rings.